The summed E-state index contributed by atoms with van der Waals surface area (Å²) in [7, 11) is 1.62. The highest BCUT2D eigenvalue weighted by atomic mass is 19.1. The summed E-state index contributed by atoms with van der Waals surface area (Å²) >= 11 is 0. The Labute approximate surface area is 139 Å². The van der Waals surface area contributed by atoms with E-state index >= 15 is 0 Å². The van der Waals surface area contributed by atoms with Crippen molar-refractivity contribution in [1.29, 1.82) is 0 Å². The molecular weight excluding hydrogens is 313 g/mol. The minimum atomic E-state index is -0.475. The maximum absolute atomic E-state index is 13.5. The molecule has 0 unspecified atom stereocenters. The molecule has 0 aromatic carbocycles. The monoisotopic (exact) mass is 333 g/mol. The lowest BCUT2D eigenvalue weighted by Gasteiger charge is -2.27. The number of hydrogen-bond acceptors (Lipinski definition) is 6. The molecule has 2 aromatic rings. The van der Waals surface area contributed by atoms with Crippen LogP contribution in [0.1, 0.15) is 24.7 Å². The van der Waals surface area contributed by atoms with Gasteiger partial charge in [0.1, 0.15) is 0 Å². The first-order valence-corrected chi connectivity index (χ1v) is 7.88. The Morgan fingerprint density at radius 3 is 3.00 bits per heavy atom. The highest BCUT2D eigenvalue weighted by molar-refractivity contribution is 5.75. The summed E-state index contributed by atoms with van der Waals surface area (Å²) in [4.78, 5) is 21.6. The predicted molar refractivity (Wildman–Crippen MR) is 87.0 cm³/mol. The van der Waals surface area contributed by atoms with E-state index in [1.165, 1.54) is 6.20 Å². The number of halogens is 1. The molecule has 128 valence electrons. The Hall–Kier alpha value is -2.71. The largest absolute Gasteiger partial charge is 0.371 e. The summed E-state index contributed by atoms with van der Waals surface area (Å²) in [5, 5.41) is 10.0. The third kappa shape index (κ3) is 3.29. The van der Waals surface area contributed by atoms with Crippen molar-refractivity contribution in [3.63, 3.8) is 0 Å². The SMILES string of the molecule is CCC(=O)NCc1cc2n(n1)CCN(c1ncc(F)c(NC)n1)C2. The second-order valence-electron chi connectivity index (χ2n) is 5.52. The normalized spacial score (nSPS) is 13.5. The molecule has 0 atom stereocenters. The van der Waals surface area contributed by atoms with Crippen LogP contribution >= 0.6 is 0 Å². The van der Waals surface area contributed by atoms with Crippen molar-refractivity contribution in [3.05, 3.63) is 29.5 Å². The molecule has 0 bridgehead atoms. The van der Waals surface area contributed by atoms with Gasteiger partial charge in [-0.25, -0.2) is 9.37 Å². The van der Waals surface area contributed by atoms with Crippen LogP contribution in [0.5, 0.6) is 0 Å². The fourth-order valence-corrected chi connectivity index (χ4v) is 2.58. The van der Waals surface area contributed by atoms with Crippen LogP contribution in [-0.2, 0) is 24.4 Å². The lowest BCUT2D eigenvalue weighted by atomic mass is 10.3. The molecule has 2 aromatic heterocycles. The molecule has 1 aliphatic heterocycles. The maximum Gasteiger partial charge on any atom is 0.227 e. The predicted octanol–water partition coefficient (Wildman–Crippen LogP) is 0.900. The van der Waals surface area contributed by atoms with Gasteiger partial charge in [0.25, 0.3) is 0 Å². The van der Waals surface area contributed by atoms with Crippen LogP contribution in [0.25, 0.3) is 0 Å². The second-order valence-corrected chi connectivity index (χ2v) is 5.52. The number of carbonyl (C=O) groups excluding carboxylic acids is 1. The molecule has 1 amide bonds. The molecule has 0 radical (unpaired) electrons. The van der Waals surface area contributed by atoms with E-state index in [2.05, 4.69) is 25.7 Å². The lowest BCUT2D eigenvalue weighted by Crippen LogP contribution is -2.35. The number of carbonyl (C=O) groups is 1. The Balaban J connectivity index is 1.72. The zero-order valence-corrected chi connectivity index (χ0v) is 13.7. The average molecular weight is 333 g/mol. The van der Waals surface area contributed by atoms with Gasteiger partial charge < -0.3 is 15.5 Å². The van der Waals surface area contributed by atoms with Crippen LogP contribution in [0.15, 0.2) is 12.3 Å². The summed E-state index contributed by atoms with van der Waals surface area (Å²) in [5.74, 6) is 0.190. The molecule has 8 nitrogen and oxygen atoms in total. The van der Waals surface area contributed by atoms with E-state index in [0.717, 1.165) is 11.4 Å². The topological polar surface area (TPSA) is 88.0 Å². The number of rotatable bonds is 5. The maximum atomic E-state index is 13.5. The Bertz CT molecular complexity index is 745. The van der Waals surface area contributed by atoms with E-state index in [-0.39, 0.29) is 11.7 Å². The van der Waals surface area contributed by atoms with E-state index in [4.69, 9.17) is 0 Å². The summed E-state index contributed by atoms with van der Waals surface area (Å²) < 4.78 is 15.4. The van der Waals surface area contributed by atoms with E-state index in [1.54, 1.807) is 7.05 Å². The summed E-state index contributed by atoms with van der Waals surface area (Å²) in [5.41, 5.74) is 1.84. The average Bonchev–Trinajstić information content (AvgIpc) is 3.02. The first kappa shape index (κ1) is 16.2. The van der Waals surface area contributed by atoms with Crippen molar-refractivity contribution in [2.45, 2.75) is 33.0 Å². The van der Waals surface area contributed by atoms with Gasteiger partial charge in [-0.15, -0.1) is 0 Å². The van der Waals surface area contributed by atoms with Gasteiger partial charge in [0, 0.05) is 20.0 Å². The van der Waals surface area contributed by atoms with Crippen molar-refractivity contribution < 1.29 is 9.18 Å². The zero-order chi connectivity index (χ0) is 17.1. The summed E-state index contributed by atoms with van der Waals surface area (Å²) in [6.45, 7) is 4.19. The molecule has 0 saturated heterocycles. The molecule has 3 rings (SSSR count). The molecule has 0 spiro atoms. The minimum absolute atomic E-state index is 0.00176. The number of nitrogens with zero attached hydrogens (tertiary/aromatic N) is 5. The van der Waals surface area contributed by atoms with Crippen molar-refractivity contribution in [2.24, 2.45) is 0 Å². The molecule has 1 aliphatic rings. The summed E-state index contributed by atoms with van der Waals surface area (Å²) in [6, 6.07) is 1.96. The Morgan fingerprint density at radius 1 is 1.42 bits per heavy atom. The van der Waals surface area contributed by atoms with Crippen LogP contribution in [0.3, 0.4) is 0 Å². The van der Waals surface area contributed by atoms with Crippen LogP contribution in [0, 0.1) is 5.82 Å². The third-order valence-electron chi connectivity index (χ3n) is 3.89. The van der Waals surface area contributed by atoms with Crippen LogP contribution < -0.4 is 15.5 Å². The number of hydrogen-bond donors (Lipinski definition) is 2. The van der Waals surface area contributed by atoms with Gasteiger partial charge in [-0.1, -0.05) is 6.92 Å². The number of amides is 1. The third-order valence-corrected chi connectivity index (χ3v) is 3.89. The molecule has 0 fully saturated rings. The van der Waals surface area contributed by atoms with Crippen molar-refractivity contribution in [2.75, 3.05) is 23.8 Å². The fourth-order valence-electron chi connectivity index (χ4n) is 2.58. The van der Waals surface area contributed by atoms with Crippen LogP contribution in [0.2, 0.25) is 0 Å². The van der Waals surface area contributed by atoms with Gasteiger partial charge in [-0.3, -0.25) is 9.48 Å². The van der Waals surface area contributed by atoms with Gasteiger partial charge in [0.2, 0.25) is 11.9 Å². The van der Waals surface area contributed by atoms with Gasteiger partial charge >= 0.3 is 0 Å². The molecular formula is C15H20FN7O. The van der Waals surface area contributed by atoms with Gasteiger partial charge in [0.15, 0.2) is 11.6 Å². The first-order valence-electron chi connectivity index (χ1n) is 7.88. The Morgan fingerprint density at radius 2 is 2.25 bits per heavy atom. The van der Waals surface area contributed by atoms with E-state index < -0.39 is 5.82 Å². The molecule has 0 saturated carbocycles. The van der Waals surface area contributed by atoms with Crippen molar-refractivity contribution in [1.82, 2.24) is 25.1 Å². The zero-order valence-electron chi connectivity index (χ0n) is 13.7. The number of aromatic nitrogens is 4. The highest BCUT2D eigenvalue weighted by Crippen LogP contribution is 2.20. The molecule has 0 aliphatic carbocycles. The smallest absolute Gasteiger partial charge is 0.227 e. The van der Waals surface area contributed by atoms with Crippen LogP contribution in [-0.4, -0.2) is 39.2 Å². The number of nitrogens with one attached hydrogen (secondary N) is 2. The minimum Gasteiger partial charge on any atom is -0.371 e. The molecule has 24 heavy (non-hydrogen) atoms. The summed E-state index contributed by atoms with van der Waals surface area (Å²) in [6.07, 6.45) is 1.63. The van der Waals surface area contributed by atoms with Gasteiger partial charge in [0.05, 0.1) is 37.2 Å². The molecule has 3 heterocycles. The van der Waals surface area contributed by atoms with Gasteiger partial charge in [-0.05, 0) is 6.07 Å². The van der Waals surface area contributed by atoms with E-state index in [1.807, 2.05) is 22.6 Å². The van der Waals surface area contributed by atoms with Crippen LogP contribution in [0.4, 0.5) is 16.2 Å². The molecule has 9 heteroatoms. The number of anilines is 2. The van der Waals surface area contributed by atoms with Crippen molar-refractivity contribution in [3.8, 4) is 0 Å². The quantitative estimate of drug-likeness (QED) is 0.845. The van der Waals surface area contributed by atoms with Gasteiger partial charge in [-0.2, -0.15) is 10.1 Å². The second kappa shape index (κ2) is 6.81. The lowest BCUT2D eigenvalue weighted by molar-refractivity contribution is -0.120. The fraction of sp³-hybridized carbons (Fsp3) is 0.467. The number of fused-ring (bicyclic) bond motifs is 1. The van der Waals surface area contributed by atoms with E-state index in [9.17, 15) is 9.18 Å². The van der Waals surface area contributed by atoms with Crippen molar-refractivity contribution >= 4 is 17.7 Å². The molecule has 2 N–H and O–H groups in total. The Kier molecular flexibility index (Phi) is 4.59. The first-order chi connectivity index (χ1) is 11.6. The highest BCUT2D eigenvalue weighted by Gasteiger charge is 2.21. The van der Waals surface area contributed by atoms with E-state index in [0.29, 0.717) is 38.5 Å². The standard InChI is InChI=1S/C15H20FN7O/c1-3-13(24)18-7-10-6-11-9-22(4-5-23(11)21-10)15-19-8-12(16)14(17-2)20-15/h6,8H,3-5,7,9H2,1-2H3,(H,18,24)(H,17,19,20).